The fourth-order valence-electron chi connectivity index (χ4n) is 4.91. The van der Waals surface area contributed by atoms with Crippen molar-refractivity contribution in [3.8, 4) is 11.3 Å². The third kappa shape index (κ3) is 7.85. The van der Waals surface area contributed by atoms with Crippen LogP contribution in [0.5, 0.6) is 0 Å². The number of carbonyl (C=O) groups excluding carboxylic acids is 2. The van der Waals surface area contributed by atoms with Gasteiger partial charge in [0, 0.05) is 36.8 Å². The zero-order valence-corrected chi connectivity index (χ0v) is 27.2. The Labute approximate surface area is 266 Å². The van der Waals surface area contributed by atoms with E-state index in [1.807, 2.05) is 71.5 Å². The van der Waals surface area contributed by atoms with Crippen molar-refractivity contribution in [3.63, 3.8) is 0 Å². The third-order valence-corrected chi connectivity index (χ3v) is 7.44. The van der Waals surface area contributed by atoms with E-state index in [9.17, 15) is 14.0 Å². The maximum absolute atomic E-state index is 14.9. The molecule has 1 aliphatic rings. The highest BCUT2D eigenvalue weighted by atomic mass is 19.1. The number of piperidine rings is 1. The first-order chi connectivity index (χ1) is 21.7. The fraction of sp³-hybridized carbons (Fsp3) is 0.469. The predicted octanol–water partition coefficient (Wildman–Crippen LogP) is 5.71. The predicted molar refractivity (Wildman–Crippen MR) is 168 cm³/mol. The first-order valence-corrected chi connectivity index (χ1v) is 15.2. The fourth-order valence-corrected chi connectivity index (χ4v) is 4.91. The van der Waals surface area contributed by atoms with Gasteiger partial charge in [-0.2, -0.15) is 10.1 Å². The highest BCUT2D eigenvalue weighted by Crippen LogP contribution is 2.27. The molecule has 5 rings (SSSR count). The van der Waals surface area contributed by atoms with Gasteiger partial charge in [0.2, 0.25) is 5.95 Å². The number of likely N-dealkylation sites (tertiary alicyclic amines) is 1. The maximum Gasteiger partial charge on any atom is 0.410 e. The van der Waals surface area contributed by atoms with Crippen molar-refractivity contribution in [3.05, 3.63) is 65.4 Å². The summed E-state index contributed by atoms with van der Waals surface area (Å²) in [7, 11) is 0. The number of nitrogens with one attached hydrogen (secondary N) is 2. The van der Waals surface area contributed by atoms with Crippen LogP contribution in [0.3, 0.4) is 0 Å². The molecule has 244 valence electrons. The zero-order chi connectivity index (χ0) is 33.2. The lowest BCUT2D eigenvalue weighted by molar-refractivity contribution is 0.0184. The second kappa shape index (κ2) is 12.9. The number of carbonyl (C=O) groups is 2. The topological polar surface area (TPSA) is 153 Å². The van der Waals surface area contributed by atoms with Gasteiger partial charge >= 0.3 is 17.9 Å². The van der Waals surface area contributed by atoms with Gasteiger partial charge in [0.15, 0.2) is 11.6 Å². The lowest BCUT2D eigenvalue weighted by atomic mass is 9.96. The van der Waals surface area contributed by atoms with Crippen LogP contribution in [0.25, 0.3) is 11.3 Å². The van der Waals surface area contributed by atoms with Crippen molar-refractivity contribution in [2.24, 2.45) is 0 Å². The second-order valence-corrected chi connectivity index (χ2v) is 13.4. The monoisotopic (exact) mass is 633 g/mol. The molecule has 0 unspecified atom stereocenters. The summed E-state index contributed by atoms with van der Waals surface area (Å²) < 4.78 is 27.4. The molecule has 3 aromatic heterocycles. The normalized spacial score (nSPS) is 14.3. The Morgan fingerprint density at radius 2 is 1.83 bits per heavy atom. The Morgan fingerprint density at radius 3 is 2.48 bits per heavy atom. The summed E-state index contributed by atoms with van der Waals surface area (Å²) >= 11 is 0. The van der Waals surface area contributed by atoms with Crippen molar-refractivity contribution >= 4 is 23.6 Å². The largest absolute Gasteiger partial charge is 0.444 e. The summed E-state index contributed by atoms with van der Waals surface area (Å²) in [5.74, 6) is -0.469. The van der Waals surface area contributed by atoms with Crippen LogP contribution in [0.4, 0.5) is 20.8 Å². The molecule has 1 fully saturated rings. The van der Waals surface area contributed by atoms with Gasteiger partial charge in [-0.1, -0.05) is 38.1 Å². The van der Waals surface area contributed by atoms with Crippen LogP contribution in [0.2, 0.25) is 0 Å². The highest BCUT2D eigenvalue weighted by Gasteiger charge is 2.28. The van der Waals surface area contributed by atoms with Crippen molar-refractivity contribution in [1.29, 1.82) is 0 Å². The molecule has 1 saturated heterocycles. The van der Waals surface area contributed by atoms with Gasteiger partial charge in [-0.05, 0) is 57.7 Å². The Kier molecular flexibility index (Phi) is 9.08. The third-order valence-electron chi connectivity index (χ3n) is 7.44. The van der Waals surface area contributed by atoms with Gasteiger partial charge in [-0.15, -0.1) is 0 Å². The van der Waals surface area contributed by atoms with Crippen LogP contribution in [0, 0.1) is 12.7 Å². The number of hydrogen-bond acceptors (Lipinski definition) is 10. The van der Waals surface area contributed by atoms with Gasteiger partial charge < -0.3 is 24.8 Å². The molecule has 4 aromatic rings. The smallest absolute Gasteiger partial charge is 0.410 e. The first-order valence-electron chi connectivity index (χ1n) is 15.2. The molecule has 2 amide bonds. The summed E-state index contributed by atoms with van der Waals surface area (Å²) in [5, 5.41) is 14.3. The number of aromatic nitrogens is 6. The minimum atomic E-state index is -0.565. The number of nitrogens with zero attached hydrogens (tertiary/aromatic N) is 7. The summed E-state index contributed by atoms with van der Waals surface area (Å²) in [6.07, 6.45) is 5.83. The van der Waals surface area contributed by atoms with Gasteiger partial charge in [-0.25, -0.2) is 19.2 Å². The number of benzene rings is 1. The Balaban J connectivity index is 1.20. The van der Waals surface area contributed by atoms with Crippen LogP contribution in [-0.2, 0) is 16.7 Å². The van der Waals surface area contributed by atoms with E-state index in [-0.39, 0.29) is 41.6 Å². The average Bonchev–Trinajstić information content (AvgIpc) is 3.67. The Morgan fingerprint density at radius 1 is 1.09 bits per heavy atom. The van der Waals surface area contributed by atoms with E-state index in [4.69, 9.17) is 9.26 Å². The van der Waals surface area contributed by atoms with E-state index in [1.165, 1.54) is 0 Å². The number of hydrogen-bond donors (Lipinski definition) is 2. The molecular formula is C32H40FN9O4. The first kappa shape index (κ1) is 32.5. The molecule has 14 heteroatoms. The molecule has 0 spiro atoms. The molecule has 0 aliphatic carbocycles. The van der Waals surface area contributed by atoms with Gasteiger partial charge in [-0.3, -0.25) is 9.48 Å². The summed E-state index contributed by atoms with van der Waals surface area (Å²) in [6, 6.07) is 5.49. The quantitative estimate of drug-likeness (QED) is 0.259. The summed E-state index contributed by atoms with van der Waals surface area (Å²) in [4.78, 5) is 39.4. The minimum absolute atomic E-state index is 0.101. The van der Waals surface area contributed by atoms with Crippen LogP contribution < -0.4 is 10.6 Å². The lowest BCUT2D eigenvalue weighted by Crippen LogP contribution is -2.42. The molecule has 46 heavy (non-hydrogen) atoms. The SMILES string of the molecule is Cc1cc(-c2nc(Nc3cnn(C4CCN(C(=O)OC(C)(C)C)CC4)c3)ncc2F)ccc1CNC(=O)c1nc(C(C)(C)C)no1. The second-order valence-electron chi connectivity index (χ2n) is 13.4. The summed E-state index contributed by atoms with van der Waals surface area (Å²) in [5.41, 5.74) is 2.16. The van der Waals surface area contributed by atoms with Crippen molar-refractivity contribution in [1.82, 2.24) is 40.1 Å². The van der Waals surface area contributed by atoms with E-state index in [0.29, 0.717) is 30.2 Å². The zero-order valence-electron chi connectivity index (χ0n) is 27.2. The standard InChI is InChI=1S/C32H40FN9O4/c1-19-14-20(8-9-21(19)15-34-26(43)27-39-28(40-46-27)31(2,3)4)25-24(33)17-35-29(38-25)37-22-16-36-42(18-22)23-10-12-41(13-11-23)30(44)45-32(5,6)7/h8-9,14,16-18,23H,10-13,15H2,1-7H3,(H,34,43)(H,35,37,38). The number of rotatable bonds is 7. The number of ether oxygens (including phenoxy) is 1. The molecule has 0 saturated carbocycles. The molecule has 4 heterocycles. The molecule has 1 aliphatic heterocycles. The molecule has 2 N–H and O–H groups in total. The average molecular weight is 634 g/mol. The Hall–Kier alpha value is -4.88. The molecule has 0 atom stereocenters. The van der Waals surface area contributed by atoms with E-state index < -0.39 is 17.3 Å². The molecule has 0 radical (unpaired) electrons. The maximum atomic E-state index is 14.9. The van der Waals surface area contributed by atoms with E-state index in [1.54, 1.807) is 17.2 Å². The van der Waals surface area contributed by atoms with Crippen molar-refractivity contribution in [2.45, 2.75) is 84.9 Å². The number of amides is 2. The van der Waals surface area contributed by atoms with Crippen LogP contribution >= 0.6 is 0 Å². The molecule has 13 nitrogen and oxygen atoms in total. The molecule has 0 bridgehead atoms. The van der Waals surface area contributed by atoms with Gasteiger partial charge in [0.25, 0.3) is 0 Å². The lowest BCUT2D eigenvalue weighted by Gasteiger charge is -2.33. The van der Waals surface area contributed by atoms with Crippen LogP contribution in [-0.4, -0.2) is 65.5 Å². The van der Waals surface area contributed by atoms with Crippen molar-refractivity contribution < 1.29 is 23.2 Å². The van der Waals surface area contributed by atoms with Crippen molar-refractivity contribution in [2.75, 3.05) is 18.4 Å². The van der Waals surface area contributed by atoms with E-state index in [2.05, 4.69) is 35.8 Å². The molecular weight excluding hydrogens is 593 g/mol. The number of anilines is 2. The minimum Gasteiger partial charge on any atom is -0.444 e. The highest BCUT2D eigenvalue weighted by molar-refractivity contribution is 5.89. The van der Waals surface area contributed by atoms with E-state index in [0.717, 1.165) is 30.2 Å². The van der Waals surface area contributed by atoms with Crippen LogP contribution in [0.15, 0.2) is 41.3 Å². The summed E-state index contributed by atoms with van der Waals surface area (Å²) in [6.45, 7) is 14.6. The Bertz CT molecular complexity index is 1710. The number of halogens is 1. The van der Waals surface area contributed by atoms with Gasteiger partial charge in [0.1, 0.15) is 11.3 Å². The molecule has 1 aromatic carbocycles. The van der Waals surface area contributed by atoms with Crippen LogP contribution in [0.1, 0.15) is 88.1 Å². The van der Waals surface area contributed by atoms with Gasteiger partial charge in [0.05, 0.1) is 24.1 Å². The number of aryl methyl sites for hydroxylation is 1. The van der Waals surface area contributed by atoms with E-state index >= 15 is 0 Å².